The van der Waals surface area contributed by atoms with Gasteiger partial charge in [-0.2, -0.15) is 0 Å². The molecule has 1 aliphatic rings. The Labute approximate surface area is 182 Å². The predicted octanol–water partition coefficient (Wildman–Crippen LogP) is 4.48. The molecular weight excluding hydrogens is 392 g/mol. The first-order valence-corrected chi connectivity index (χ1v) is 10.9. The van der Waals surface area contributed by atoms with Gasteiger partial charge in [-0.25, -0.2) is 0 Å². The van der Waals surface area contributed by atoms with Crippen LogP contribution in [0.4, 0.5) is 5.69 Å². The number of benzene rings is 2. The SMILES string of the molecule is CCCOc1ccc(OCC(=O)Nc2ccc(-c3nnc4n3CCCCC4)cc2)cc1. The standard InChI is InChI=1S/C24H28N4O3/c1-2-16-30-20-11-13-21(14-12-20)31-17-23(29)25-19-9-7-18(8-10-19)24-27-26-22-6-4-3-5-15-28(22)24/h7-14H,2-6,15-17H2,1H3,(H,25,29). The highest BCUT2D eigenvalue weighted by molar-refractivity contribution is 5.92. The summed E-state index contributed by atoms with van der Waals surface area (Å²) in [5.41, 5.74) is 1.72. The Bertz CT molecular complexity index is 997. The maximum atomic E-state index is 12.3. The quantitative estimate of drug-likeness (QED) is 0.581. The van der Waals surface area contributed by atoms with E-state index >= 15 is 0 Å². The Morgan fingerprint density at radius 1 is 0.968 bits per heavy atom. The lowest BCUT2D eigenvalue weighted by atomic mass is 10.2. The number of fused-ring (bicyclic) bond motifs is 1. The average Bonchev–Trinajstić information content (AvgIpc) is 3.05. The Hall–Kier alpha value is -3.35. The van der Waals surface area contributed by atoms with Crippen molar-refractivity contribution in [2.75, 3.05) is 18.5 Å². The molecule has 0 saturated carbocycles. The van der Waals surface area contributed by atoms with E-state index in [1.165, 1.54) is 12.8 Å². The van der Waals surface area contributed by atoms with Gasteiger partial charge in [-0.1, -0.05) is 13.3 Å². The number of aryl methyl sites for hydroxylation is 1. The molecule has 0 bridgehead atoms. The van der Waals surface area contributed by atoms with Crippen molar-refractivity contribution in [3.63, 3.8) is 0 Å². The maximum absolute atomic E-state index is 12.3. The molecule has 0 saturated heterocycles. The number of aromatic nitrogens is 3. The number of carbonyl (C=O) groups is 1. The first-order chi connectivity index (χ1) is 15.2. The van der Waals surface area contributed by atoms with Crippen LogP contribution in [0.1, 0.15) is 38.4 Å². The third-order valence-corrected chi connectivity index (χ3v) is 5.20. The number of hydrogen-bond acceptors (Lipinski definition) is 5. The van der Waals surface area contributed by atoms with E-state index in [9.17, 15) is 4.79 Å². The van der Waals surface area contributed by atoms with E-state index in [1.54, 1.807) is 12.1 Å². The van der Waals surface area contributed by atoms with E-state index in [0.717, 1.165) is 54.5 Å². The van der Waals surface area contributed by atoms with Gasteiger partial charge in [-0.3, -0.25) is 4.79 Å². The molecule has 7 heteroatoms. The summed E-state index contributed by atoms with van der Waals surface area (Å²) < 4.78 is 13.3. The molecule has 0 aliphatic carbocycles. The zero-order valence-corrected chi connectivity index (χ0v) is 17.8. The van der Waals surface area contributed by atoms with Crippen LogP contribution in [0.5, 0.6) is 11.5 Å². The topological polar surface area (TPSA) is 78.3 Å². The van der Waals surface area contributed by atoms with Gasteiger partial charge in [-0.15, -0.1) is 10.2 Å². The van der Waals surface area contributed by atoms with Gasteiger partial charge in [0, 0.05) is 24.2 Å². The van der Waals surface area contributed by atoms with Crippen LogP contribution in [0.15, 0.2) is 48.5 Å². The van der Waals surface area contributed by atoms with Crippen LogP contribution in [0.3, 0.4) is 0 Å². The van der Waals surface area contributed by atoms with Crippen molar-refractivity contribution in [2.24, 2.45) is 0 Å². The summed E-state index contributed by atoms with van der Waals surface area (Å²) >= 11 is 0. The van der Waals surface area contributed by atoms with Crippen LogP contribution in [-0.2, 0) is 17.8 Å². The average molecular weight is 421 g/mol. The van der Waals surface area contributed by atoms with Gasteiger partial charge < -0.3 is 19.4 Å². The molecule has 0 fully saturated rings. The lowest BCUT2D eigenvalue weighted by molar-refractivity contribution is -0.118. The summed E-state index contributed by atoms with van der Waals surface area (Å²) in [5.74, 6) is 3.16. The molecule has 4 rings (SSSR count). The Morgan fingerprint density at radius 2 is 1.71 bits per heavy atom. The number of nitrogens with zero attached hydrogens (tertiary/aromatic N) is 3. The van der Waals surface area contributed by atoms with Gasteiger partial charge in [-0.05, 0) is 67.8 Å². The number of ether oxygens (including phenoxy) is 2. The molecule has 2 aromatic carbocycles. The van der Waals surface area contributed by atoms with E-state index < -0.39 is 0 Å². The summed E-state index contributed by atoms with van der Waals surface area (Å²) in [5, 5.41) is 11.6. The molecular formula is C24H28N4O3. The van der Waals surface area contributed by atoms with Crippen molar-refractivity contribution in [1.82, 2.24) is 14.8 Å². The molecule has 1 aliphatic heterocycles. The number of amides is 1. The Morgan fingerprint density at radius 3 is 2.45 bits per heavy atom. The molecule has 162 valence electrons. The predicted molar refractivity (Wildman–Crippen MR) is 119 cm³/mol. The highest BCUT2D eigenvalue weighted by atomic mass is 16.5. The fraction of sp³-hybridized carbons (Fsp3) is 0.375. The first kappa shape index (κ1) is 20.9. The summed E-state index contributed by atoms with van der Waals surface area (Å²) in [6, 6.07) is 15.0. The monoisotopic (exact) mass is 420 g/mol. The highest BCUT2D eigenvalue weighted by Crippen LogP contribution is 2.24. The summed E-state index contributed by atoms with van der Waals surface area (Å²) in [7, 11) is 0. The molecule has 1 amide bonds. The number of carbonyl (C=O) groups excluding carboxylic acids is 1. The van der Waals surface area contributed by atoms with Gasteiger partial charge in [0.15, 0.2) is 12.4 Å². The van der Waals surface area contributed by atoms with E-state index in [-0.39, 0.29) is 12.5 Å². The van der Waals surface area contributed by atoms with Crippen molar-refractivity contribution < 1.29 is 14.3 Å². The molecule has 1 aromatic heterocycles. The van der Waals surface area contributed by atoms with Gasteiger partial charge in [0.1, 0.15) is 17.3 Å². The van der Waals surface area contributed by atoms with E-state index in [2.05, 4.69) is 27.0 Å². The van der Waals surface area contributed by atoms with Crippen LogP contribution in [-0.4, -0.2) is 33.9 Å². The fourth-order valence-corrected chi connectivity index (χ4v) is 3.60. The van der Waals surface area contributed by atoms with Crippen LogP contribution < -0.4 is 14.8 Å². The molecule has 1 N–H and O–H groups in total. The zero-order valence-electron chi connectivity index (χ0n) is 17.8. The van der Waals surface area contributed by atoms with Crippen molar-refractivity contribution in [3.8, 4) is 22.9 Å². The smallest absolute Gasteiger partial charge is 0.262 e. The molecule has 0 unspecified atom stereocenters. The molecule has 0 radical (unpaired) electrons. The summed E-state index contributed by atoms with van der Waals surface area (Å²) in [4.78, 5) is 12.3. The molecule has 3 aromatic rings. The van der Waals surface area contributed by atoms with E-state index in [4.69, 9.17) is 9.47 Å². The Kier molecular flexibility index (Phi) is 6.82. The molecule has 0 atom stereocenters. The second kappa shape index (κ2) is 10.1. The number of rotatable bonds is 8. The molecule has 7 nitrogen and oxygen atoms in total. The minimum absolute atomic E-state index is 0.0609. The van der Waals surface area contributed by atoms with Gasteiger partial charge in [0.2, 0.25) is 0 Å². The maximum Gasteiger partial charge on any atom is 0.262 e. The van der Waals surface area contributed by atoms with Crippen LogP contribution in [0.25, 0.3) is 11.4 Å². The lowest BCUT2D eigenvalue weighted by Gasteiger charge is -2.10. The largest absolute Gasteiger partial charge is 0.494 e. The van der Waals surface area contributed by atoms with Crippen molar-refractivity contribution in [3.05, 3.63) is 54.4 Å². The molecule has 2 heterocycles. The number of hydrogen-bond donors (Lipinski definition) is 1. The molecule has 31 heavy (non-hydrogen) atoms. The van der Waals surface area contributed by atoms with Crippen molar-refractivity contribution in [2.45, 2.75) is 45.6 Å². The van der Waals surface area contributed by atoms with E-state index in [1.807, 2.05) is 36.4 Å². The van der Waals surface area contributed by atoms with Crippen molar-refractivity contribution in [1.29, 1.82) is 0 Å². The number of anilines is 1. The first-order valence-electron chi connectivity index (χ1n) is 10.9. The van der Waals surface area contributed by atoms with Gasteiger partial charge in [0.25, 0.3) is 5.91 Å². The lowest BCUT2D eigenvalue weighted by Crippen LogP contribution is -2.20. The number of nitrogens with one attached hydrogen (secondary N) is 1. The second-order valence-electron chi connectivity index (χ2n) is 7.64. The normalized spacial score (nSPS) is 13.2. The van der Waals surface area contributed by atoms with Gasteiger partial charge in [0.05, 0.1) is 6.61 Å². The van der Waals surface area contributed by atoms with Crippen LogP contribution in [0.2, 0.25) is 0 Å². The summed E-state index contributed by atoms with van der Waals surface area (Å²) in [6.07, 6.45) is 5.49. The third-order valence-electron chi connectivity index (χ3n) is 5.20. The van der Waals surface area contributed by atoms with Crippen LogP contribution >= 0.6 is 0 Å². The zero-order chi connectivity index (χ0) is 21.5. The van der Waals surface area contributed by atoms with Gasteiger partial charge >= 0.3 is 0 Å². The third kappa shape index (κ3) is 5.42. The minimum atomic E-state index is -0.213. The highest BCUT2D eigenvalue weighted by Gasteiger charge is 2.16. The van der Waals surface area contributed by atoms with Crippen LogP contribution in [0, 0.1) is 0 Å². The fourth-order valence-electron chi connectivity index (χ4n) is 3.60. The molecule has 0 spiro atoms. The van der Waals surface area contributed by atoms with E-state index in [0.29, 0.717) is 12.4 Å². The minimum Gasteiger partial charge on any atom is -0.494 e. The second-order valence-corrected chi connectivity index (χ2v) is 7.64. The summed E-state index contributed by atoms with van der Waals surface area (Å²) in [6.45, 7) is 3.64. The van der Waals surface area contributed by atoms with Crippen molar-refractivity contribution >= 4 is 11.6 Å². The Balaban J connectivity index is 1.31.